The highest BCUT2D eigenvalue weighted by Gasteiger charge is 2.02. The molecule has 2 rings (SSSR count). The fourth-order valence-corrected chi connectivity index (χ4v) is 1.73. The number of hydrogen-bond donors (Lipinski definition) is 3. The molecule has 0 unspecified atom stereocenters. The van der Waals surface area contributed by atoms with Crippen LogP contribution in [0.5, 0.6) is 0 Å². The van der Waals surface area contributed by atoms with E-state index in [4.69, 9.17) is 5.73 Å². The molecule has 2 aromatic rings. The van der Waals surface area contributed by atoms with E-state index in [9.17, 15) is 9.59 Å². The molecule has 0 bridgehead atoms. The van der Waals surface area contributed by atoms with Gasteiger partial charge in [-0.1, -0.05) is 12.1 Å². The quantitative estimate of drug-likeness (QED) is 0.718. The maximum atomic E-state index is 11.7. The molecule has 1 aromatic carbocycles. The first-order valence-electron chi connectivity index (χ1n) is 6.41. The lowest BCUT2D eigenvalue weighted by atomic mass is 10.1. The molecule has 21 heavy (non-hydrogen) atoms. The maximum absolute atomic E-state index is 11.7. The van der Waals surface area contributed by atoms with Crippen molar-refractivity contribution in [3.05, 3.63) is 58.9 Å². The standard InChI is InChI=1S/C15H16N4O2/c1-10-13(9-18-19-10)8-17-14(20)7-4-11-2-5-12(6-3-11)15(16)21/h2-7,9H,8H2,1H3,(H2,16,21)(H,17,20)(H,18,19)/b7-4+. The summed E-state index contributed by atoms with van der Waals surface area (Å²) < 4.78 is 0. The van der Waals surface area contributed by atoms with Crippen molar-refractivity contribution in [1.29, 1.82) is 0 Å². The monoisotopic (exact) mass is 284 g/mol. The molecular weight excluding hydrogens is 268 g/mol. The average molecular weight is 284 g/mol. The topological polar surface area (TPSA) is 101 Å². The summed E-state index contributed by atoms with van der Waals surface area (Å²) in [5.41, 5.74) is 8.29. The summed E-state index contributed by atoms with van der Waals surface area (Å²) in [7, 11) is 0. The van der Waals surface area contributed by atoms with Crippen LogP contribution in [0.3, 0.4) is 0 Å². The number of primary amides is 1. The minimum Gasteiger partial charge on any atom is -0.366 e. The van der Waals surface area contributed by atoms with Crippen molar-refractivity contribution in [1.82, 2.24) is 15.5 Å². The van der Waals surface area contributed by atoms with Crippen LogP contribution in [0, 0.1) is 6.92 Å². The van der Waals surface area contributed by atoms with Crippen molar-refractivity contribution in [2.24, 2.45) is 5.73 Å². The van der Waals surface area contributed by atoms with Crippen LogP contribution in [0.1, 0.15) is 27.2 Å². The number of carbonyl (C=O) groups is 2. The Hall–Kier alpha value is -2.89. The van der Waals surface area contributed by atoms with E-state index in [0.717, 1.165) is 16.8 Å². The van der Waals surface area contributed by atoms with Gasteiger partial charge in [-0.3, -0.25) is 14.7 Å². The zero-order valence-corrected chi connectivity index (χ0v) is 11.6. The molecule has 0 spiro atoms. The SMILES string of the molecule is Cc1[nH]ncc1CNC(=O)/C=C/c1ccc(C(N)=O)cc1. The molecular formula is C15H16N4O2. The van der Waals surface area contributed by atoms with Crippen LogP contribution in [-0.2, 0) is 11.3 Å². The number of nitrogens with zero attached hydrogens (tertiary/aromatic N) is 1. The third-order valence-electron chi connectivity index (χ3n) is 3.01. The number of amides is 2. The van der Waals surface area contributed by atoms with Crippen molar-refractivity contribution in [3.8, 4) is 0 Å². The van der Waals surface area contributed by atoms with Gasteiger partial charge in [0, 0.05) is 29.4 Å². The molecule has 0 saturated carbocycles. The zero-order chi connectivity index (χ0) is 15.2. The molecule has 0 radical (unpaired) electrons. The summed E-state index contributed by atoms with van der Waals surface area (Å²) in [5, 5.41) is 9.46. The van der Waals surface area contributed by atoms with Gasteiger partial charge in [0.2, 0.25) is 11.8 Å². The van der Waals surface area contributed by atoms with Gasteiger partial charge in [-0.2, -0.15) is 5.10 Å². The summed E-state index contributed by atoms with van der Waals surface area (Å²) >= 11 is 0. The summed E-state index contributed by atoms with van der Waals surface area (Å²) in [5.74, 6) is -0.673. The second kappa shape index (κ2) is 6.51. The van der Waals surface area contributed by atoms with E-state index in [2.05, 4.69) is 15.5 Å². The second-order valence-electron chi connectivity index (χ2n) is 4.56. The van der Waals surface area contributed by atoms with E-state index in [0.29, 0.717) is 12.1 Å². The molecule has 6 nitrogen and oxygen atoms in total. The van der Waals surface area contributed by atoms with E-state index in [1.54, 1.807) is 36.5 Å². The number of carbonyl (C=O) groups excluding carboxylic acids is 2. The Balaban J connectivity index is 1.89. The number of nitrogens with one attached hydrogen (secondary N) is 2. The normalized spacial score (nSPS) is 10.7. The van der Waals surface area contributed by atoms with Crippen LogP contribution in [0.15, 0.2) is 36.5 Å². The largest absolute Gasteiger partial charge is 0.366 e. The van der Waals surface area contributed by atoms with Crippen molar-refractivity contribution in [3.63, 3.8) is 0 Å². The van der Waals surface area contributed by atoms with Gasteiger partial charge in [0.15, 0.2) is 0 Å². The molecule has 0 fully saturated rings. The van der Waals surface area contributed by atoms with Crippen LogP contribution < -0.4 is 11.1 Å². The Labute approximate surface area is 122 Å². The lowest BCUT2D eigenvalue weighted by Gasteiger charge is -2.01. The Morgan fingerprint density at radius 3 is 2.62 bits per heavy atom. The predicted octanol–water partition coefficient (Wildman–Crippen LogP) is 1.15. The average Bonchev–Trinajstić information content (AvgIpc) is 2.88. The van der Waals surface area contributed by atoms with E-state index in [1.807, 2.05) is 6.92 Å². The second-order valence-corrected chi connectivity index (χ2v) is 4.56. The molecule has 4 N–H and O–H groups in total. The number of aromatic nitrogens is 2. The highest BCUT2D eigenvalue weighted by molar-refractivity contribution is 5.94. The molecule has 0 atom stereocenters. The number of aryl methyl sites for hydroxylation is 1. The first kappa shape index (κ1) is 14.5. The Bertz CT molecular complexity index is 671. The fourth-order valence-electron chi connectivity index (χ4n) is 1.73. The molecule has 0 saturated heterocycles. The first-order chi connectivity index (χ1) is 10.1. The van der Waals surface area contributed by atoms with Crippen molar-refractivity contribution in [2.45, 2.75) is 13.5 Å². The Morgan fingerprint density at radius 1 is 1.33 bits per heavy atom. The number of rotatable bonds is 5. The minimum atomic E-state index is -0.473. The van der Waals surface area contributed by atoms with E-state index >= 15 is 0 Å². The summed E-state index contributed by atoms with van der Waals surface area (Å²) in [6.07, 6.45) is 4.79. The van der Waals surface area contributed by atoms with Crippen LogP contribution >= 0.6 is 0 Å². The predicted molar refractivity (Wildman–Crippen MR) is 79.2 cm³/mol. The zero-order valence-electron chi connectivity index (χ0n) is 11.6. The first-order valence-corrected chi connectivity index (χ1v) is 6.41. The van der Waals surface area contributed by atoms with Crippen molar-refractivity contribution < 1.29 is 9.59 Å². The molecule has 0 aliphatic carbocycles. The van der Waals surface area contributed by atoms with Gasteiger partial charge >= 0.3 is 0 Å². The van der Waals surface area contributed by atoms with Gasteiger partial charge in [0.1, 0.15) is 0 Å². The number of nitrogens with two attached hydrogens (primary N) is 1. The molecule has 2 amide bonds. The van der Waals surface area contributed by atoms with Gasteiger partial charge in [-0.05, 0) is 30.7 Å². The highest BCUT2D eigenvalue weighted by atomic mass is 16.1. The van der Waals surface area contributed by atoms with Gasteiger partial charge < -0.3 is 11.1 Å². The molecule has 1 heterocycles. The van der Waals surface area contributed by atoms with Crippen molar-refractivity contribution in [2.75, 3.05) is 0 Å². The summed E-state index contributed by atoms with van der Waals surface area (Å²) in [6.45, 7) is 2.32. The lowest BCUT2D eigenvalue weighted by Crippen LogP contribution is -2.20. The van der Waals surface area contributed by atoms with Gasteiger partial charge in [-0.15, -0.1) is 0 Å². The minimum absolute atomic E-state index is 0.199. The maximum Gasteiger partial charge on any atom is 0.248 e. The van der Waals surface area contributed by atoms with Crippen molar-refractivity contribution >= 4 is 17.9 Å². The number of hydrogen-bond acceptors (Lipinski definition) is 3. The van der Waals surface area contributed by atoms with E-state index in [1.165, 1.54) is 6.08 Å². The third kappa shape index (κ3) is 4.04. The molecule has 108 valence electrons. The van der Waals surface area contributed by atoms with E-state index < -0.39 is 5.91 Å². The van der Waals surface area contributed by atoms with Gasteiger partial charge in [0.05, 0.1) is 6.20 Å². The molecule has 0 aliphatic rings. The summed E-state index contributed by atoms with van der Waals surface area (Å²) in [4.78, 5) is 22.6. The van der Waals surface area contributed by atoms with Crippen LogP contribution in [0.25, 0.3) is 6.08 Å². The molecule has 0 aliphatic heterocycles. The number of H-pyrrole nitrogens is 1. The Kier molecular flexibility index (Phi) is 4.50. The fraction of sp³-hybridized carbons (Fsp3) is 0.133. The molecule has 1 aromatic heterocycles. The van der Waals surface area contributed by atoms with Gasteiger partial charge in [-0.25, -0.2) is 0 Å². The third-order valence-corrected chi connectivity index (χ3v) is 3.01. The lowest BCUT2D eigenvalue weighted by molar-refractivity contribution is -0.116. The Morgan fingerprint density at radius 2 is 2.05 bits per heavy atom. The number of benzene rings is 1. The van der Waals surface area contributed by atoms with Crippen LogP contribution in [-0.4, -0.2) is 22.0 Å². The van der Waals surface area contributed by atoms with Crippen LogP contribution in [0.2, 0.25) is 0 Å². The summed E-state index contributed by atoms with van der Waals surface area (Å²) in [6, 6.07) is 6.69. The van der Waals surface area contributed by atoms with Crippen LogP contribution in [0.4, 0.5) is 0 Å². The number of aromatic amines is 1. The highest BCUT2D eigenvalue weighted by Crippen LogP contribution is 2.06. The molecule has 6 heteroatoms. The van der Waals surface area contributed by atoms with E-state index in [-0.39, 0.29) is 5.91 Å². The van der Waals surface area contributed by atoms with Gasteiger partial charge in [0.25, 0.3) is 0 Å². The smallest absolute Gasteiger partial charge is 0.248 e.